The second-order valence-corrected chi connectivity index (χ2v) is 17.8. The van der Waals surface area contributed by atoms with E-state index in [2.05, 4.69) is 58.3 Å². The van der Waals surface area contributed by atoms with E-state index >= 15 is 0 Å². The molecule has 4 fully saturated rings. The largest absolute Gasteiger partial charge is 0.451 e. The number of anilines is 1. The number of esters is 1. The lowest BCUT2D eigenvalue weighted by Gasteiger charge is -2.55. The Morgan fingerprint density at radius 1 is 0.906 bits per heavy atom. The van der Waals surface area contributed by atoms with Crippen LogP contribution in [-0.2, 0) is 19.1 Å². The molecule has 1 aromatic rings. The van der Waals surface area contributed by atoms with Crippen LogP contribution in [-0.4, -0.2) is 98.9 Å². The van der Waals surface area contributed by atoms with Crippen LogP contribution in [0.4, 0.5) is 5.69 Å². The standard InChI is InChI=1S/C45H66N4O4/c1-32(50)45(53-33(2)51)20-17-42-40-15-11-36-29-38(52)14-16-39(36)43(40)41(30-44(42,45)3)35-9-12-37(13-10-35)47(4)23-7-5-6-8-24-48-25-18-34(19-26-48)31-49-27-21-46-22-28-49/h9-10,12-13,29,34,40-42,46H,5-8,11,14-28,30-31H2,1-4H3/t40-,41+,42-,44-,45-/m0/s1. The third-order valence-electron chi connectivity index (χ3n) is 14.6. The summed E-state index contributed by atoms with van der Waals surface area (Å²) in [5.41, 5.74) is 5.10. The van der Waals surface area contributed by atoms with Crippen molar-refractivity contribution in [2.75, 3.05) is 70.9 Å². The van der Waals surface area contributed by atoms with Gasteiger partial charge in [-0.1, -0.05) is 37.5 Å². The highest BCUT2D eigenvalue weighted by Gasteiger charge is 2.67. The molecule has 0 unspecified atom stereocenters. The average Bonchev–Trinajstić information content (AvgIpc) is 3.45. The number of piperidine rings is 1. The Balaban J connectivity index is 0.958. The maximum Gasteiger partial charge on any atom is 0.303 e. The third-order valence-corrected chi connectivity index (χ3v) is 14.6. The molecular weight excluding hydrogens is 661 g/mol. The summed E-state index contributed by atoms with van der Waals surface area (Å²) in [7, 11) is 2.21. The molecule has 0 radical (unpaired) electrons. The second-order valence-electron chi connectivity index (χ2n) is 17.8. The molecule has 2 heterocycles. The Hall–Kier alpha value is -2.81. The predicted molar refractivity (Wildman–Crippen MR) is 212 cm³/mol. The number of nitrogens with one attached hydrogen (secondary N) is 1. The van der Waals surface area contributed by atoms with Crippen LogP contribution >= 0.6 is 0 Å². The third kappa shape index (κ3) is 7.98. The number of allylic oxidation sites excluding steroid dienone is 4. The van der Waals surface area contributed by atoms with Crippen molar-refractivity contribution >= 4 is 23.2 Å². The normalized spacial score (nSPS) is 31.1. The molecular formula is C45H66N4O4. The molecule has 8 nitrogen and oxygen atoms in total. The van der Waals surface area contributed by atoms with Gasteiger partial charge in [-0.25, -0.2) is 0 Å². The van der Waals surface area contributed by atoms with Crippen molar-refractivity contribution in [2.45, 2.75) is 116 Å². The molecule has 6 aliphatic rings. The number of piperazine rings is 1. The van der Waals surface area contributed by atoms with Gasteiger partial charge in [0.25, 0.3) is 0 Å². The van der Waals surface area contributed by atoms with E-state index < -0.39 is 11.0 Å². The molecule has 2 saturated heterocycles. The van der Waals surface area contributed by atoms with Gasteiger partial charge in [0.2, 0.25) is 0 Å². The number of fused-ring (bicyclic) bond motifs is 4. The number of unbranched alkanes of at least 4 members (excludes halogenated alkanes) is 3. The van der Waals surface area contributed by atoms with Gasteiger partial charge in [0.05, 0.1) is 0 Å². The highest BCUT2D eigenvalue weighted by Crippen LogP contribution is 2.67. The summed E-state index contributed by atoms with van der Waals surface area (Å²) in [5.74, 6) is 1.46. The minimum atomic E-state index is -1.08. The fourth-order valence-corrected chi connectivity index (χ4v) is 11.8. The molecule has 290 valence electrons. The zero-order valence-electron chi connectivity index (χ0n) is 33.2. The van der Waals surface area contributed by atoms with Crippen molar-refractivity contribution in [3.8, 4) is 0 Å². The number of benzene rings is 1. The summed E-state index contributed by atoms with van der Waals surface area (Å²) >= 11 is 0. The van der Waals surface area contributed by atoms with E-state index in [9.17, 15) is 14.4 Å². The van der Waals surface area contributed by atoms with Gasteiger partial charge in [0.1, 0.15) is 0 Å². The van der Waals surface area contributed by atoms with Gasteiger partial charge in [-0.3, -0.25) is 14.4 Å². The summed E-state index contributed by atoms with van der Waals surface area (Å²) in [6.45, 7) is 16.2. The van der Waals surface area contributed by atoms with Gasteiger partial charge in [-0.2, -0.15) is 0 Å². The monoisotopic (exact) mass is 727 g/mol. The van der Waals surface area contributed by atoms with Crippen molar-refractivity contribution in [1.82, 2.24) is 15.1 Å². The number of likely N-dealkylation sites (tertiary alicyclic amines) is 1. The number of Topliss-reactive ketones (excluding diaryl/α,β-unsaturated/α-hetero) is 1. The molecule has 0 amide bonds. The van der Waals surface area contributed by atoms with Crippen LogP contribution in [0.5, 0.6) is 0 Å². The summed E-state index contributed by atoms with van der Waals surface area (Å²) in [6.07, 6.45) is 15.2. The summed E-state index contributed by atoms with van der Waals surface area (Å²) in [5, 5.41) is 3.47. The molecule has 0 spiro atoms. The van der Waals surface area contributed by atoms with Crippen molar-refractivity contribution in [3.63, 3.8) is 0 Å². The molecule has 8 heteroatoms. The van der Waals surface area contributed by atoms with Crippen LogP contribution in [0, 0.1) is 23.2 Å². The summed E-state index contributed by atoms with van der Waals surface area (Å²) < 4.78 is 6.12. The predicted octanol–water partition coefficient (Wildman–Crippen LogP) is 7.09. The zero-order chi connectivity index (χ0) is 37.2. The number of carbonyl (C=O) groups excluding carboxylic acids is 3. The van der Waals surface area contributed by atoms with Gasteiger partial charge in [0, 0.05) is 76.7 Å². The Morgan fingerprint density at radius 3 is 2.36 bits per heavy atom. The highest BCUT2D eigenvalue weighted by molar-refractivity contribution is 5.93. The van der Waals surface area contributed by atoms with Crippen LogP contribution in [0.3, 0.4) is 0 Å². The Labute approximate surface area is 319 Å². The molecule has 1 N–H and O–H groups in total. The Bertz CT molecular complexity index is 1550. The lowest BCUT2D eigenvalue weighted by Crippen LogP contribution is -2.57. The quantitative estimate of drug-likeness (QED) is 0.171. The molecule has 2 aliphatic heterocycles. The van der Waals surface area contributed by atoms with Crippen LogP contribution in [0.1, 0.15) is 116 Å². The second kappa shape index (κ2) is 16.5. The van der Waals surface area contributed by atoms with Gasteiger partial charge < -0.3 is 24.8 Å². The first-order valence-electron chi connectivity index (χ1n) is 21.2. The number of ketones is 2. The molecule has 4 aliphatic carbocycles. The number of ether oxygens (including phenoxy) is 1. The fourth-order valence-electron chi connectivity index (χ4n) is 11.8. The molecule has 5 atom stereocenters. The Morgan fingerprint density at radius 2 is 1.64 bits per heavy atom. The summed E-state index contributed by atoms with van der Waals surface area (Å²) in [4.78, 5) is 46.2. The van der Waals surface area contributed by atoms with Gasteiger partial charge in [-0.15, -0.1) is 0 Å². The minimum absolute atomic E-state index is 0.0225. The number of rotatable bonds is 13. The van der Waals surface area contributed by atoms with Crippen molar-refractivity contribution in [2.24, 2.45) is 23.2 Å². The fraction of sp³-hybridized carbons (Fsp3) is 0.711. The van der Waals surface area contributed by atoms with E-state index in [-0.39, 0.29) is 29.4 Å². The first kappa shape index (κ1) is 38.5. The zero-order valence-corrected chi connectivity index (χ0v) is 33.2. The van der Waals surface area contributed by atoms with Crippen molar-refractivity contribution in [1.29, 1.82) is 0 Å². The number of nitrogens with zero attached hydrogens (tertiary/aromatic N) is 3. The lowest BCUT2D eigenvalue weighted by molar-refractivity contribution is -0.182. The van der Waals surface area contributed by atoms with Crippen molar-refractivity contribution in [3.05, 3.63) is 52.6 Å². The van der Waals surface area contributed by atoms with Crippen molar-refractivity contribution < 1.29 is 19.1 Å². The molecule has 53 heavy (non-hydrogen) atoms. The first-order valence-corrected chi connectivity index (χ1v) is 21.2. The molecule has 0 bridgehead atoms. The SMILES string of the molecule is CC(=O)O[C@]1(C(C)=O)CC[C@H]2[C@@H]3CCC4=CC(=O)CCC4=C3[C@@H](c3ccc(N(C)CCCCCCN4CCC(CN5CCNCC5)CC4)cc3)C[C@@]21C. The van der Waals surface area contributed by atoms with Gasteiger partial charge in [-0.05, 0) is 143 Å². The highest BCUT2D eigenvalue weighted by atomic mass is 16.6. The Kier molecular flexibility index (Phi) is 12.0. The maximum atomic E-state index is 13.5. The maximum absolute atomic E-state index is 13.5. The van der Waals surface area contributed by atoms with Crippen LogP contribution in [0.15, 0.2) is 47.1 Å². The van der Waals surface area contributed by atoms with Crippen LogP contribution < -0.4 is 10.2 Å². The molecule has 1 aromatic carbocycles. The van der Waals surface area contributed by atoms with Crippen LogP contribution in [0.2, 0.25) is 0 Å². The van der Waals surface area contributed by atoms with E-state index in [1.54, 1.807) is 6.92 Å². The summed E-state index contributed by atoms with van der Waals surface area (Å²) in [6, 6.07) is 9.16. The average molecular weight is 727 g/mol. The lowest BCUT2D eigenvalue weighted by atomic mass is 9.50. The smallest absolute Gasteiger partial charge is 0.303 e. The van der Waals surface area contributed by atoms with E-state index in [4.69, 9.17) is 4.74 Å². The van der Waals surface area contributed by atoms with E-state index in [1.807, 2.05) is 6.08 Å². The first-order chi connectivity index (χ1) is 25.6. The van der Waals surface area contributed by atoms with Crippen LogP contribution in [0.25, 0.3) is 0 Å². The topological polar surface area (TPSA) is 82.2 Å². The molecule has 0 aromatic heterocycles. The number of hydrogen-bond donors (Lipinski definition) is 1. The van der Waals surface area contributed by atoms with Gasteiger partial charge in [0.15, 0.2) is 17.2 Å². The minimum Gasteiger partial charge on any atom is -0.451 e. The van der Waals surface area contributed by atoms with E-state index in [1.165, 1.54) is 113 Å². The molecule has 7 rings (SSSR count). The van der Waals surface area contributed by atoms with E-state index in [0.29, 0.717) is 18.8 Å². The number of hydrogen-bond acceptors (Lipinski definition) is 8. The van der Waals surface area contributed by atoms with E-state index in [0.717, 1.165) is 57.7 Å². The van der Waals surface area contributed by atoms with Gasteiger partial charge >= 0.3 is 5.97 Å². The number of carbonyl (C=O) groups is 3. The molecule has 2 saturated carbocycles.